The van der Waals surface area contributed by atoms with Crippen molar-refractivity contribution in [2.45, 2.75) is 32.0 Å². The lowest BCUT2D eigenvalue weighted by molar-refractivity contribution is 0.117. The molecule has 0 saturated carbocycles. The van der Waals surface area contributed by atoms with Crippen LogP contribution < -0.4 is 5.32 Å². The van der Waals surface area contributed by atoms with Crippen LogP contribution in [-0.2, 0) is 11.3 Å². The third-order valence-electron chi connectivity index (χ3n) is 2.72. The maximum Gasteiger partial charge on any atom is 0.150 e. The number of methoxy groups -OCH3 is 1. The number of nitrogens with one attached hydrogen (secondary N) is 1. The zero-order valence-electron chi connectivity index (χ0n) is 8.60. The number of hydrogen-bond acceptors (Lipinski definition) is 4. The van der Waals surface area contributed by atoms with Gasteiger partial charge in [0.05, 0.1) is 12.1 Å². The van der Waals surface area contributed by atoms with Crippen molar-refractivity contribution in [2.24, 2.45) is 0 Å². The monoisotopic (exact) mass is 196 g/mol. The van der Waals surface area contributed by atoms with Crippen LogP contribution in [0.15, 0.2) is 6.33 Å². The van der Waals surface area contributed by atoms with E-state index < -0.39 is 0 Å². The molecule has 1 aromatic rings. The van der Waals surface area contributed by atoms with Crippen molar-refractivity contribution in [2.75, 3.05) is 13.7 Å². The predicted octanol–water partition coefficient (Wildman–Crippen LogP) is 0.347. The van der Waals surface area contributed by atoms with Gasteiger partial charge in [-0.2, -0.15) is 0 Å². The summed E-state index contributed by atoms with van der Waals surface area (Å²) in [5.74, 6) is 1.02. The molecule has 1 saturated heterocycles. The van der Waals surface area contributed by atoms with E-state index in [1.54, 1.807) is 13.4 Å². The van der Waals surface area contributed by atoms with Gasteiger partial charge in [0.15, 0.2) is 0 Å². The van der Waals surface area contributed by atoms with Crippen molar-refractivity contribution in [1.29, 1.82) is 0 Å². The minimum atomic E-state index is 0.294. The van der Waals surface area contributed by atoms with Gasteiger partial charge in [-0.25, -0.2) is 0 Å². The molecule has 0 aliphatic carbocycles. The molecule has 1 aliphatic rings. The smallest absolute Gasteiger partial charge is 0.150 e. The molecule has 0 amide bonds. The van der Waals surface area contributed by atoms with E-state index in [1.165, 1.54) is 0 Å². The lowest BCUT2D eigenvalue weighted by Gasteiger charge is -2.10. The van der Waals surface area contributed by atoms with Gasteiger partial charge < -0.3 is 14.6 Å². The summed E-state index contributed by atoms with van der Waals surface area (Å²) in [5, 5.41) is 11.4. The number of ether oxygens (including phenoxy) is 1. The quantitative estimate of drug-likeness (QED) is 0.757. The first kappa shape index (κ1) is 9.61. The number of aryl methyl sites for hydroxylation is 1. The minimum absolute atomic E-state index is 0.294. The van der Waals surface area contributed by atoms with Gasteiger partial charge in [0.2, 0.25) is 0 Å². The Morgan fingerprint density at radius 2 is 2.57 bits per heavy atom. The van der Waals surface area contributed by atoms with Crippen LogP contribution in [0.5, 0.6) is 0 Å². The van der Waals surface area contributed by atoms with E-state index in [1.807, 2.05) is 0 Å². The molecule has 2 atom stereocenters. The van der Waals surface area contributed by atoms with Crippen LogP contribution in [-0.4, -0.2) is 34.5 Å². The molecule has 14 heavy (non-hydrogen) atoms. The van der Waals surface area contributed by atoms with Crippen molar-refractivity contribution < 1.29 is 4.74 Å². The molecule has 1 fully saturated rings. The van der Waals surface area contributed by atoms with Gasteiger partial charge in [0.1, 0.15) is 12.2 Å². The Labute approximate surface area is 83.5 Å². The van der Waals surface area contributed by atoms with Gasteiger partial charge in [-0.1, -0.05) is 0 Å². The van der Waals surface area contributed by atoms with E-state index in [0.717, 1.165) is 25.3 Å². The highest BCUT2D eigenvalue weighted by molar-refractivity contribution is 4.99. The molecule has 0 spiro atoms. The first-order chi connectivity index (χ1) is 6.85. The molecule has 5 heteroatoms. The molecule has 5 nitrogen and oxygen atoms in total. The molecule has 0 radical (unpaired) electrons. The molecule has 2 unspecified atom stereocenters. The van der Waals surface area contributed by atoms with Gasteiger partial charge in [0.25, 0.3) is 0 Å². The lowest BCUT2D eigenvalue weighted by Crippen LogP contribution is -2.18. The van der Waals surface area contributed by atoms with Crippen LogP contribution in [0.2, 0.25) is 0 Å². The second-order valence-electron chi connectivity index (χ2n) is 3.53. The molecule has 78 valence electrons. The Bertz CT molecular complexity index is 299. The fourth-order valence-corrected chi connectivity index (χ4v) is 1.86. The van der Waals surface area contributed by atoms with Crippen LogP contribution in [0, 0.1) is 0 Å². The molecule has 1 N–H and O–H groups in total. The van der Waals surface area contributed by atoms with E-state index in [-0.39, 0.29) is 0 Å². The summed E-state index contributed by atoms with van der Waals surface area (Å²) in [6.45, 7) is 3.91. The highest BCUT2D eigenvalue weighted by Crippen LogP contribution is 2.22. The number of hydrogen-bond donors (Lipinski definition) is 1. The van der Waals surface area contributed by atoms with Crippen molar-refractivity contribution in [1.82, 2.24) is 20.1 Å². The summed E-state index contributed by atoms with van der Waals surface area (Å²) >= 11 is 0. The largest absolute Gasteiger partial charge is 0.380 e. The standard InChI is InChI=1S/C9H16N4O/c1-3-13-6-11-12-9(13)8-4-7(14-2)5-10-8/h6-8,10H,3-5H2,1-2H3. The zero-order chi connectivity index (χ0) is 9.97. The van der Waals surface area contributed by atoms with Crippen molar-refractivity contribution in [3.63, 3.8) is 0 Å². The Balaban J connectivity index is 2.09. The van der Waals surface area contributed by atoms with Gasteiger partial charge >= 0.3 is 0 Å². The number of aromatic nitrogens is 3. The van der Waals surface area contributed by atoms with E-state index in [2.05, 4.69) is 27.0 Å². The average molecular weight is 196 g/mol. The second kappa shape index (κ2) is 4.06. The summed E-state index contributed by atoms with van der Waals surface area (Å²) in [7, 11) is 1.75. The average Bonchev–Trinajstić information content (AvgIpc) is 2.85. The van der Waals surface area contributed by atoms with Crippen LogP contribution in [0.3, 0.4) is 0 Å². The third-order valence-corrected chi connectivity index (χ3v) is 2.72. The zero-order valence-corrected chi connectivity index (χ0v) is 8.60. The second-order valence-corrected chi connectivity index (χ2v) is 3.53. The Hall–Kier alpha value is -0.940. The summed E-state index contributed by atoms with van der Waals surface area (Å²) < 4.78 is 7.36. The molecule has 1 aliphatic heterocycles. The van der Waals surface area contributed by atoms with E-state index in [4.69, 9.17) is 4.74 Å². The first-order valence-corrected chi connectivity index (χ1v) is 4.99. The molecule has 1 aromatic heterocycles. The third kappa shape index (κ3) is 1.65. The highest BCUT2D eigenvalue weighted by Gasteiger charge is 2.28. The summed E-state index contributed by atoms with van der Waals surface area (Å²) in [6, 6.07) is 0.294. The fraction of sp³-hybridized carbons (Fsp3) is 0.778. The summed E-state index contributed by atoms with van der Waals surface area (Å²) in [5.41, 5.74) is 0. The van der Waals surface area contributed by atoms with Gasteiger partial charge in [0, 0.05) is 20.2 Å². The topological polar surface area (TPSA) is 52.0 Å². The maximum atomic E-state index is 5.29. The SMILES string of the molecule is CCn1cnnc1C1CC(OC)CN1. The van der Waals surface area contributed by atoms with Crippen molar-refractivity contribution in [3.05, 3.63) is 12.2 Å². The Kier molecular flexibility index (Phi) is 2.79. The maximum absolute atomic E-state index is 5.29. The van der Waals surface area contributed by atoms with Crippen LogP contribution >= 0.6 is 0 Å². The molecule has 2 rings (SSSR count). The van der Waals surface area contributed by atoms with E-state index in [9.17, 15) is 0 Å². The van der Waals surface area contributed by atoms with Crippen molar-refractivity contribution in [3.8, 4) is 0 Å². The number of nitrogens with zero attached hydrogens (tertiary/aromatic N) is 3. The van der Waals surface area contributed by atoms with Crippen LogP contribution in [0.4, 0.5) is 0 Å². The van der Waals surface area contributed by atoms with E-state index in [0.29, 0.717) is 12.1 Å². The minimum Gasteiger partial charge on any atom is -0.380 e. The van der Waals surface area contributed by atoms with Gasteiger partial charge in [-0.15, -0.1) is 10.2 Å². The molecular weight excluding hydrogens is 180 g/mol. The van der Waals surface area contributed by atoms with Crippen molar-refractivity contribution >= 4 is 0 Å². The normalized spacial score (nSPS) is 27.0. The number of rotatable bonds is 3. The molecule has 2 heterocycles. The Morgan fingerprint density at radius 1 is 1.71 bits per heavy atom. The highest BCUT2D eigenvalue weighted by atomic mass is 16.5. The molecule has 0 bridgehead atoms. The van der Waals surface area contributed by atoms with Crippen LogP contribution in [0.25, 0.3) is 0 Å². The fourth-order valence-electron chi connectivity index (χ4n) is 1.86. The lowest BCUT2D eigenvalue weighted by atomic mass is 10.2. The Morgan fingerprint density at radius 3 is 3.21 bits per heavy atom. The van der Waals surface area contributed by atoms with Crippen LogP contribution in [0.1, 0.15) is 25.2 Å². The summed E-state index contributed by atoms with van der Waals surface area (Å²) in [6.07, 6.45) is 3.06. The molecular formula is C9H16N4O. The summed E-state index contributed by atoms with van der Waals surface area (Å²) in [4.78, 5) is 0. The first-order valence-electron chi connectivity index (χ1n) is 4.99. The van der Waals surface area contributed by atoms with Gasteiger partial charge in [-0.05, 0) is 13.3 Å². The predicted molar refractivity (Wildman–Crippen MR) is 51.9 cm³/mol. The van der Waals surface area contributed by atoms with E-state index >= 15 is 0 Å². The molecule has 0 aromatic carbocycles. The van der Waals surface area contributed by atoms with Gasteiger partial charge in [-0.3, -0.25) is 0 Å².